The SMILES string of the molecule is Cc1ccc(NC(=O)CNC(=O)c2ccc3c(c2)OCO3)cc1Cl. The van der Waals surface area contributed by atoms with Crippen molar-refractivity contribution in [3.8, 4) is 11.5 Å². The molecule has 6 nitrogen and oxygen atoms in total. The van der Waals surface area contributed by atoms with E-state index in [-0.39, 0.29) is 25.2 Å². The van der Waals surface area contributed by atoms with Crippen molar-refractivity contribution in [2.24, 2.45) is 0 Å². The largest absolute Gasteiger partial charge is 0.454 e. The number of amides is 2. The highest BCUT2D eigenvalue weighted by atomic mass is 35.5. The van der Waals surface area contributed by atoms with Crippen LogP contribution in [0.15, 0.2) is 36.4 Å². The summed E-state index contributed by atoms with van der Waals surface area (Å²) in [6.45, 7) is 1.86. The lowest BCUT2D eigenvalue weighted by atomic mass is 10.2. The number of ether oxygens (including phenoxy) is 2. The van der Waals surface area contributed by atoms with Gasteiger partial charge < -0.3 is 20.1 Å². The van der Waals surface area contributed by atoms with E-state index in [1.807, 2.05) is 13.0 Å². The first-order valence-electron chi connectivity index (χ1n) is 7.27. The topological polar surface area (TPSA) is 76.7 Å². The van der Waals surface area contributed by atoms with Gasteiger partial charge in [-0.25, -0.2) is 0 Å². The van der Waals surface area contributed by atoms with Gasteiger partial charge in [-0.1, -0.05) is 17.7 Å². The molecule has 0 atom stereocenters. The first kappa shape index (κ1) is 16.1. The predicted octanol–water partition coefficient (Wildman–Crippen LogP) is 2.75. The molecule has 0 unspecified atom stereocenters. The number of rotatable bonds is 4. The summed E-state index contributed by atoms with van der Waals surface area (Å²) in [5.41, 5.74) is 1.89. The van der Waals surface area contributed by atoms with Gasteiger partial charge in [0.2, 0.25) is 12.7 Å². The van der Waals surface area contributed by atoms with Crippen molar-refractivity contribution >= 4 is 29.1 Å². The van der Waals surface area contributed by atoms with Crippen LogP contribution in [0, 0.1) is 6.92 Å². The summed E-state index contributed by atoms with van der Waals surface area (Å²) in [6.07, 6.45) is 0. The second-order valence-electron chi connectivity index (χ2n) is 5.26. The average molecular weight is 347 g/mol. The van der Waals surface area contributed by atoms with Gasteiger partial charge in [0, 0.05) is 16.3 Å². The van der Waals surface area contributed by atoms with Gasteiger partial charge in [-0.2, -0.15) is 0 Å². The van der Waals surface area contributed by atoms with Gasteiger partial charge in [-0.3, -0.25) is 9.59 Å². The first-order valence-corrected chi connectivity index (χ1v) is 7.64. The Bertz CT molecular complexity index is 807. The zero-order chi connectivity index (χ0) is 17.1. The molecule has 2 N–H and O–H groups in total. The smallest absolute Gasteiger partial charge is 0.251 e. The molecule has 0 saturated carbocycles. The maximum atomic E-state index is 12.1. The molecule has 1 heterocycles. The molecule has 24 heavy (non-hydrogen) atoms. The van der Waals surface area contributed by atoms with Gasteiger partial charge in [0.05, 0.1) is 6.54 Å². The summed E-state index contributed by atoms with van der Waals surface area (Å²) in [5, 5.41) is 5.80. The van der Waals surface area contributed by atoms with Crippen LogP contribution < -0.4 is 20.1 Å². The molecule has 0 aliphatic carbocycles. The summed E-state index contributed by atoms with van der Waals surface area (Å²) in [5.74, 6) is 0.399. The minimum atomic E-state index is -0.370. The van der Waals surface area contributed by atoms with Crippen molar-refractivity contribution in [3.05, 3.63) is 52.5 Å². The molecular weight excluding hydrogens is 332 g/mol. The van der Waals surface area contributed by atoms with E-state index in [1.165, 1.54) is 0 Å². The van der Waals surface area contributed by atoms with Crippen LogP contribution in [0.2, 0.25) is 5.02 Å². The van der Waals surface area contributed by atoms with Crippen LogP contribution in [0.3, 0.4) is 0 Å². The van der Waals surface area contributed by atoms with Crippen LogP contribution in [0.1, 0.15) is 15.9 Å². The second kappa shape index (κ2) is 6.80. The average Bonchev–Trinajstić information content (AvgIpc) is 3.03. The highest BCUT2D eigenvalue weighted by molar-refractivity contribution is 6.31. The Morgan fingerprint density at radius 2 is 1.92 bits per heavy atom. The fraction of sp³-hybridized carbons (Fsp3) is 0.176. The Hall–Kier alpha value is -2.73. The third-order valence-electron chi connectivity index (χ3n) is 3.50. The molecule has 0 saturated heterocycles. The number of anilines is 1. The van der Waals surface area contributed by atoms with Gasteiger partial charge in [0.15, 0.2) is 11.5 Å². The quantitative estimate of drug-likeness (QED) is 0.892. The number of aryl methyl sites for hydroxylation is 1. The molecule has 2 amide bonds. The highest BCUT2D eigenvalue weighted by Gasteiger charge is 2.16. The number of benzene rings is 2. The number of nitrogens with one attached hydrogen (secondary N) is 2. The van der Waals surface area contributed by atoms with Crippen LogP contribution in [0.25, 0.3) is 0 Å². The molecule has 3 rings (SSSR count). The van der Waals surface area contributed by atoms with Crippen LogP contribution >= 0.6 is 11.6 Å². The summed E-state index contributed by atoms with van der Waals surface area (Å²) in [7, 11) is 0. The lowest BCUT2D eigenvalue weighted by Gasteiger charge is -2.08. The van der Waals surface area contributed by atoms with Gasteiger partial charge in [0.1, 0.15) is 0 Å². The molecule has 1 aliphatic rings. The molecule has 2 aromatic rings. The molecule has 0 radical (unpaired) electrons. The molecule has 124 valence electrons. The number of carbonyl (C=O) groups excluding carboxylic acids is 2. The molecular formula is C17H15ClN2O4. The Morgan fingerprint density at radius 1 is 1.12 bits per heavy atom. The van der Waals surface area contributed by atoms with Crippen molar-refractivity contribution in [2.75, 3.05) is 18.7 Å². The lowest BCUT2D eigenvalue weighted by Crippen LogP contribution is -2.32. The maximum Gasteiger partial charge on any atom is 0.251 e. The molecule has 0 bridgehead atoms. The maximum absolute atomic E-state index is 12.1. The standard InChI is InChI=1S/C17H15ClN2O4/c1-10-2-4-12(7-13(10)18)20-16(21)8-19-17(22)11-3-5-14-15(6-11)24-9-23-14/h2-7H,8-9H2,1H3,(H,19,22)(H,20,21). The van der Waals surface area contributed by atoms with E-state index in [2.05, 4.69) is 10.6 Å². The van der Waals surface area contributed by atoms with Crippen molar-refractivity contribution in [1.29, 1.82) is 0 Å². The second-order valence-corrected chi connectivity index (χ2v) is 5.67. The van der Waals surface area contributed by atoms with Gasteiger partial charge >= 0.3 is 0 Å². The fourth-order valence-corrected chi connectivity index (χ4v) is 2.36. The molecule has 7 heteroatoms. The third-order valence-corrected chi connectivity index (χ3v) is 3.91. The van der Waals surface area contributed by atoms with E-state index in [0.29, 0.717) is 27.8 Å². The monoisotopic (exact) mass is 346 g/mol. The first-order chi connectivity index (χ1) is 11.5. The molecule has 2 aromatic carbocycles. The van der Waals surface area contributed by atoms with Crippen LogP contribution in [0.5, 0.6) is 11.5 Å². The van der Waals surface area contributed by atoms with E-state index in [1.54, 1.807) is 30.3 Å². The van der Waals surface area contributed by atoms with Crippen LogP contribution in [-0.2, 0) is 4.79 Å². The number of hydrogen-bond donors (Lipinski definition) is 2. The Morgan fingerprint density at radius 3 is 2.71 bits per heavy atom. The van der Waals surface area contributed by atoms with E-state index >= 15 is 0 Å². The van der Waals surface area contributed by atoms with Crippen LogP contribution in [-0.4, -0.2) is 25.2 Å². The van der Waals surface area contributed by atoms with Crippen molar-refractivity contribution in [2.45, 2.75) is 6.92 Å². The van der Waals surface area contributed by atoms with E-state index in [4.69, 9.17) is 21.1 Å². The van der Waals surface area contributed by atoms with E-state index in [9.17, 15) is 9.59 Å². The highest BCUT2D eigenvalue weighted by Crippen LogP contribution is 2.32. The lowest BCUT2D eigenvalue weighted by molar-refractivity contribution is -0.115. The summed E-state index contributed by atoms with van der Waals surface area (Å²) >= 11 is 6.01. The number of hydrogen-bond acceptors (Lipinski definition) is 4. The summed E-state index contributed by atoms with van der Waals surface area (Å²) < 4.78 is 10.4. The summed E-state index contributed by atoms with van der Waals surface area (Å²) in [6, 6.07) is 10.1. The van der Waals surface area contributed by atoms with E-state index < -0.39 is 0 Å². The minimum Gasteiger partial charge on any atom is -0.454 e. The van der Waals surface area contributed by atoms with Gasteiger partial charge in [0.25, 0.3) is 5.91 Å². The molecule has 0 spiro atoms. The minimum absolute atomic E-state index is 0.141. The zero-order valence-corrected chi connectivity index (χ0v) is 13.6. The number of carbonyl (C=O) groups is 2. The van der Waals surface area contributed by atoms with Crippen molar-refractivity contribution in [1.82, 2.24) is 5.32 Å². The normalized spacial score (nSPS) is 11.9. The Labute approximate surface area is 143 Å². The number of fused-ring (bicyclic) bond motifs is 1. The van der Waals surface area contributed by atoms with Gasteiger partial charge in [-0.15, -0.1) is 0 Å². The summed E-state index contributed by atoms with van der Waals surface area (Å²) in [4.78, 5) is 24.0. The van der Waals surface area contributed by atoms with E-state index in [0.717, 1.165) is 5.56 Å². The Balaban J connectivity index is 1.55. The van der Waals surface area contributed by atoms with Crippen molar-refractivity contribution in [3.63, 3.8) is 0 Å². The Kier molecular flexibility index (Phi) is 4.57. The predicted molar refractivity (Wildman–Crippen MR) is 89.7 cm³/mol. The zero-order valence-electron chi connectivity index (χ0n) is 12.9. The molecule has 0 fully saturated rings. The number of halogens is 1. The third kappa shape index (κ3) is 3.60. The molecule has 1 aliphatic heterocycles. The molecule has 0 aromatic heterocycles. The van der Waals surface area contributed by atoms with Crippen molar-refractivity contribution < 1.29 is 19.1 Å². The van der Waals surface area contributed by atoms with Gasteiger partial charge in [-0.05, 0) is 42.8 Å². The fourth-order valence-electron chi connectivity index (χ4n) is 2.18. The van der Waals surface area contributed by atoms with Crippen LogP contribution in [0.4, 0.5) is 5.69 Å².